The van der Waals surface area contributed by atoms with Gasteiger partial charge in [0.05, 0.1) is 26.4 Å². The van der Waals surface area contributed by atoms with Crippen molar-refractivity contribution in [2.75, 3.05) is 39.6 Å². The highest BCUT2D eigenvalue weighted by atomic mass is 31.2. The summed E-state index contributed by atoms with van der Waals surface area (Å²) in [7, 11) is -9.92. The summed E-state index contributed by atoms with van der Waals surface area (Å²) in [4.78, 5) is 72.9. The van der Waals surface area contributed by atoms with Crippen molar-refractivity contribution in [1.82, 2.24) is 0 Å². The van der Waals surface area contributed by atoms with Crippen LogP contribution in [0.15, 0.2) is 0 Å². The molecule has 0 aliphatic rings. The van der Waals surface area contributed by atoms with Gasteiger partial charge < -0.3 is 33.8 Å². The second-order valence-corrected chi connectivity index (χ2v) is 33.0. The van der Waals surface area contributed by atoms with Gasteiger partial charge in [0.25, 0.3) is 0 Å². The Balaban J connectivity index is 5.23. The maximum atomic E-state index is 13.1. The van der Waals surface area contributed by atoms with E-state index in [1.54, 1.807) is 0 Å². The van der Waals surface area contributed by atoms with Crippen LogP contribution in [0.3, 0.4) is 0 Å². The van der Waals surface area contributed by atoms with E-state index in [4.69, 9.17) is 37.0 Å². The van der Waals surface area contributed by atoms with Gasteiger partial charge >= 0.3 is 39.5 Å². The molecule has 0 aromatic carbocycles. The first kappa shape index (κ1) is 96.1. The molecule has 0 radical (unpaired) electrons. The van der Waals surface area contributed by atoms with Crippen LogP contribution in [0, 0.1) is 23.7 Å². The highest BCUT2D eigenvalue weighted by Crippen LogP contribution is 2.45. The zero-order valence-electron chi connectivity index (χ0n) is 64.4. The van der Waals surface area contributed by atoms with Crippen LogP contribution in [-0.4, -0.2) is 96.7 Å². The molecule has 98 heavy (non-hydrogen) atoms. The first-order valence-electron chi connectivity index (χ1n) is 40.7. The average molecular weight is 1440 g/mol. The third-order valence-corrected chi connectivity index (χ3v) is 20.6. The van der Waals surface area contributed by atoms with E-state index in [0.717, 1.165) is 120 Å². The smallest absolute Gasteiger partial charge is 0.462 e. The van der Waals surface area contributed by atoms with Gasteiger partial charge in [0.2, 0.25) is 0 Å². The van der Waals surface area contributed by atoms with Gasteiger partial charge in [-0.05, 0) is 49.4 Å². The van der Waals surface area contributed by atoms with Crippen LogP contribution in [0.5, 0.6) is 0 Å². The molecule has 3 unspecified atom stereocenters. The van der Waals surface area contributed by atoms with Crippen LogP contribution < -0.4 is 0 Å². The van der Waals surface area contributed by atoms with Crippen molar-refractivity contribution in [2.24, 2.45) is 23.7 Å². The Hall–Kier alpha value is -1.94. The lowest BCUT2D eigenvalue weighted by molar-refractivity contribution is -0.161. The van der Waals surface area contributed by atoms with Gasteiger partial charge in [-0.15, -0.1) is 0 Å². The van der Waals surface area contributed by atoms with Crippen LogP contribution in [-0.2, 0) is 65.4 Å². The van der Waals surface area contributed by atoms with Crippen molar-refractivity contribution in [3.63, 3.8) is 0 Å². The van der Waals surface area contributed by atoms with Crippen molar-refractivity contribution in [3.8, 4) is 0 Å². The van der Waals surface area contributed by atoms with Crippen molar-refractivity contribution < 1.29 is 80.2 Å². The predicted molar refractivity (Wildman–Crippen MR) is 400 cm³/mol. The summed E-state index contributed by atoms with van der Waals surface area (Å²) < 4.78 is 68.6. The summed E-state index contributed by atoms with van der Waals surface area (Å²) in [6, 6.07) is 0. The highest BCUT2D eigenvalue weighted by Gasteiger charge is 2.30. The molecule has 0 aliphatic heterocycles. The van der Waals surface area contributed by atoms with Gasteiger partial charge in [0.1, 0.15) is 19.3 Å². The van der Waals surface area contributed by atoms with E-state index in [9.17, 15) is 43.2 Å². The summed E-state index contributed by atoms with van der Waals surface area (Å²) in [6.07, 6.45) is 54.1. The number of ether oxygens (including phenoxy) is 4. The molecule has 0 heterocycles. The van der Waals surface area contributed by atoms with E-state index in [0.29, 0.717) is 25.7 Å². The maximum Gasteiger partial charge on any atom is 0.472 e. The number of rotatable bonds is 76. The van der Waals surface area contributed by atoms with E-state index in [2.05, 4.69) is 55.4 Å². The number of hydrogen-bond donors (Lipinski definition) is 3. The number of esters is 4. The van der Waals surface area contributed by atoms with Gasteiger partial charge in [-0.25, -0.2) is 9.13 Å². The highest BCUT2D eigenvalue weighted by molar-refractivity contribution is 7.47. The summed E-state index contributed by atoms with van der Waals surface area (Å²) in [6.45, 7) is 14.2. The van der Waals surface area contributed by atoms with Crippen LogP contribution in [0.4, 0.5) is 0 Å². The van der Waals surface area contributed by atoms with Crippen LogP contribution >= 0.6 is 15.6 Å². The standard InChI is InChI=1S/C79H154O17P2/c1-9-72(8)58-50-42-37-38-44-52-60-77(82)90-66-75(96-78(83)61-53-45-35-29-23-17-16-20-26-32-40-48-56-70(4)5)68-94-98(87,88)92-64-73(80)63-91-97(85,86)93-67-74(95-79(84)62-54-46-36-30-24-18-21-27-33-41-49-57-71(6)7)65-89-76(81)59-51-43-34-28-22-15-13-11-10-12-14-19-25-31-39-47-55-69(2)3/h69-75,80H,9-68H2,1-8H3,(H,85,86)(H,87,88)/t72?,73-,74-,75-/m1/s1. The normalized spacial score (nSPS) is 14.3. The zero-order valence-corrected chi connectivity index (χ0v) is 66.2. The topological polar surface area (TPSA) is 237 Å². The van der Waals surface area contributed by atoms with Gasteiger partial charge in [-0.1, -0.05) is 351 Å². The van der Waals surface area contributed by atoms with Crippen molar-refractivity contribution in [3.05, 3.63) is 0 Å². The molecule has 17 nitrogen and oxygen atoms in total. The van der Waals surface area contributed by atoms with Gasteiger partial charge in [-0.2, -0.15) is 0 Å². The fourth-order valence-electron chi connectivity index (χ4n) is 12.0. The molecule has 0 bridgehead atoms. The third-order valence-electron chi connectivity index (χ3n) is 18.7. The number of unbranched alkanes of at least 4 members (excludes halogenated alkanes) is 41. The molecular formula is C79H154O17P2. The minimum absolute atomic E-state index is 0.106. The number of phosphoric ester groups is 2. The zero-order chi connectivity index (χ0) is 72.4. The number of aliphatic hydroxyl groups is 1. The molecule has 6 atom stereocenters. The number of phosphoric acid groups is 2. The van der Waals surface area contributed by atoms with E-state index in [-0.39, 0.29) is 25.7 Å². The maximum absolute atomic E-state index is 13.1. The Morgan fingerprint density at radius 1 is 0.286 bits per heavy atom. The Kier molecular flexibility index (Phi) is 66.8. The number of carbonyl (C=O) groups excluding carboxylic acids is 4. The quantitative estimate of drug-likeness (QED) is 0.0222. The van der Waals surface area contributed by atoms with Gasteiger partial charge in [-0.3, -0.25) is 37.3 Å². The Morgan fingerprint density at radius 3 is 0.724 bits per heavy atom. The van der Waals surface area contributed by atoms with E-state index >= 15 is 0 Å². The van der Waals surface area contributed by atoms with Crippen LogP contribution in [0.25, 0.3) is 0 Å². The first-order chi connectivity index (χ1) is 47.1. The second kappa shape index (κ2) is 68.2. The third kappa shape index (κ3) is 71.1. The molecule has 0 aliphatic carbocycles. The molecular weight excluding hydrogens is 1280 g/mol. The average Bonchev–Trinajstić information content (AvgIpc) is 1.08. The SMILES string of the molecule is CCC(C)CCCCCCCCC(=O)OC[C@H](COP(=O)(O)OC[C@H](O)COP(=O)(O)OC[C@@H](COC(=O)CCCCCCCCCCCCCCCCCCC(C)C)OC(=O)CCCCCCCCCCCCCC(C)C)OC(=O)CCCCCCCCCCCCCCC(C)C. The fraction of sp³-hybridized carbons (Fsp3) is 0.949. The van der Waals surface area contributed by atoms with E-state index < -0.39 is 97.5 Å². The molecule has 19 heteroatoms. The van der Waals surface area contributed by atoms with E-state index in [1.165, 1.54) is 199 Å². The Labute approximate surface area is 600 Å². The fourth-order valence-corrected chi connectivity index (χ4v) is 13.6. The molecule has 0 saturated heterocycles. The molecule has 582 valence electrons. The van der Waals surface area contributed by atoms with Crippen molar-refractivity contribution >= 4 is 39.5 Å². The van der Waals surface area contributed by atoms with Crippen molar-refractivity contribution in [1.29, 1.82) is 0 Å². The number of hydrogen-bond acceptors (Lipinski definition) is 15. The summed E-state index contributed by atoms with van der Waals surface area (Å²) in [5.41, 5.74) is 0. The minimum atomic E-state index is -4.96. The minimum Gasteiger partial charge on any atom is -0.462 e. The molecule has 0 aromatic heterocycles. The van der Waals surface area contributed by atoms with E-state index in [1.807, 2.05) is 0 Å². The van der Waals surface area contributed by atoms with Crippen LogP contribution in [0.2, 0.25) is 0 Å². The Morgan fingerprint density at radius 2 is 0.490 bits per heavy atom. The first-order valence-corrected chi connectivity index (χ1v) is 43.7. The van der Waals surface area contributed by atoms with Gasteiger partial charge in [0.15, 0.2) is 12.2 Å². The lowest BCUT2D eigenvalue weighted by Crippen LogP contribution is -2.30. The largest absolute Gasteiger partial charge is 0.472 e. The molecule has 0 aromatic rings. The molecule has 0 saturated carbocycles. The Bertz CT molecular complexity index is 1920. The summed E-state index contributed by atoms with van der Waals surface area (Å²) in [5.74, 6) is 0.968. The lowest BCUT2D eigenvalue weighted by atomic mass is 10.00. The molecule has 0 fully saturated rings. The summed E-state index contributed by atoms with van der Waals surface area (Å²) >= 11 is 0. The lowest BCUT2D eigenvalue weighted by Gasteiger charge is -2.21. The van der Waals surface area contributed by atoms with Crippen LogP contribution in [0.1, 0.15) is 402 Å². The van der Waals surface area contributed by atoms with Crippen molar-refractivity contribution in [2.45, 2.75) is 420 Å². The predicted octanol–water partition coefficient (Wildman–Crippen LogP) is 23.2. The molecule has 0 spiro atoms. The molecule has 0 amide bonds. The summed E-state index contributed by atoms with van der Waals surface area (Å²) in [5, 5.41) is 10.6. The number of aliphatic hydroxyl groups excluding tert-OH is 1. The monoisotopic (exact) mass is 1440 g/mol. The molecule has 0 rings (SSSR count). The van der Waals surface area contributed by atoms with Gasteiger partial charge in [0, 0.05) is 25.7 Å². The second-order valence-electron chi connectivity index (χ2n) is 30.1. The number of carbonyl (C=O) groups is 4. The molecule has 3 N–H and O–H groups in total.